The van der Waals surface area contributed by atoms with Crippen LogP contribution in [-0.2, 0) is 6.54 Å². The lowest BCUT2D eigenvalue weighted by atomic mass is 10.1. The maximum Gasteiger partial charge on any atom is 0.258 e. The van der Waals surface area contributed by atoms with Crippen LogP contribution in [0.2, 0.25) is 0 Å². The maximum atomic E-state index is 12.8. The summed E-state index contributed by atoms with van der Waals surface area (Å²) in [5, 5.41) is 4.03. The first-order valence-corrected chi connectivity index (χ1v) is 8.44. The largest absolute Gasteiger partial charge is 0.496 e. The average molecular weight is 351 g/mol. The van der Waals surface area contributed by atoms with Gasteiger partial charge in [0, 0.05) is 12.1 Å². The predicted octanol–water partition coefficient (Wildman–Crippen LogP) is 3.72. The quantitative estimate of drug-likeness (QED) is 0.677. The van der Waals surface area contributed by atoms with Gasteiger partial charge in [0.25, 0.3) is 5.91 Å². The van der Waals surface area contributed by atoms with Crippen LogP contribution in [0.25, 0.3) is 11.4 Å². The summed E-state index contributed by atoms with van der Waals surface area (Å²) in [5.41, 5.74) is 2.52. The molecular formula is C20H21N3O3. The zero-order valence-electron chi connectivity index (χ0n) is 15.1. The van der Waals surface area contributed by atoms with E-state index in [1.54, 1.807) is 24.1 Å². The summed E-state index contributed by atoms with van der Waals surface area (Å²) in [6, 6.07) is 15.0. The number of aryl methyl sites for hydroxylation is 1. The van der Waals surface area contributed by atoms with Gasteiger partial charge in [0.15, 0.2) is 0 Å². The topological polar surface area (TPSA) is 68.5 Å². The molecule has 1 aromatic heterocycles. The van der Waals surface area contributed by atoms with E-state index in [1.807, 2.05) is 50.2 Å². The number of nitrogens with zero attached hydrogens (tertiary/aromatic N) is 3. The Labute approximate surface area is 152 Å². The van der Waals surface area contributed by atoms with Gasteiger partial charge < -0.3 is 14.2 Å². The molecule has 6 nitrogen and oxygen atoms in total. The number of para-hydroxylation sites is 1. The van der Waals surface area contributed by atoms with Crippen molar-refractivity contribution in [2.75, 3.05) is 13.7 Å². The van der Waals surface area contributed by atoms with Crippen molar-refractivity contribution in [1.82, 2.24) is 15.0 Å². The summed E-state index contributed by atoms with van der Waals surface area (Å²) < 4.78 is 10.6. The van der Waals surface area contributed by atoms with Gasteiger partial charge in [-0.2, -0.15) is 4.98 Å². The Morgan fingerprint density at radius 1 is 1.19 bits per heavy atom. The first-order valence-electron chi connectivity index (χ1n) is 8.44. The molecule has 6 heteroatoms. The van der Waals surface area contributed by atoms with Crippen molar-refractivity contribution >= 4 is 5.91 Å². The Morgan fingerprint density at radius 2 is 2.00 bits per heavy atom. The fourth-order valence-corrected chi connectivity index (χ4v) is 2.70. The Kier molecular flexibility index (Phi) is 5.31. The molecular weight excluding hydrogens is 330 g/mol. The van der Waals surface area contributed by atoms with Gasteiger partial charge in [0.05, 0.1) is 12.7 Å². The molecule has 26 heavy (non-hydrogen) atoms. The van der Waals surface area contributed by atoms with E-state index >= 15 is 0 Å². The lowest BCUT2D eigenvalue weighted by Gasteiger charge is -2.20. The lowest BCUT2D eigenvalue weighted by Crippen LogP contribution is -2.30. The molecule has 0 radical (unpaired) electrons. The lowest BCUT2D eigenvalue weighted by molar-refractivity contribution is 0.0731. The number of rotatable bonds is 6. The Hall–Kier alpha value is -3.15. The second kappa shape index (κ2) is 7.82. The Balaban J connectivity index is 1.79. The summed E-state index contributed by atoms with van der Waals surface area (Å²) >= 11 is 0. The van der Waals surface area contributed by atoms with Gasteiger partial charge in [-0.3, -0.25) is 4.79 Å². The number of hydrogen-bond acceptors (Lipinski definition) is 5. The average Bonchev–Trinajstić information content (AvgIpc) is 3.14. The number of ether oxygens (including phenoxy) is 1. The molecule has 0 spiro atoms. The summed E-state index contributed by atoms with van der Waals surface area (Å²) in [7, 11) is 1.55. The van der Waals surface area contributed by atoms with Crippen LogP contribution in [0.3, 0.4) is 0 Å². The van der Waals surface area contributed by atoms with Crippen LogP contribution >= 0.6 is 0 Å². The van der Waals surface area contributed by atoms with Crippen molar-refractivity contribution < 1.29 is 14.1 Å². The standard InChI is InChI=1S/C20H21N3O3/c1-4-23(20(24)16-10-5-6-11-17(16)25-3)13-18-21-19(22-26-18)15-9-7-8-14(2)12-15/h5-12H,4,13H2,1-3H3. The van der Waals surface area contributed by atoms with Crippen molar-refractivity contribution in [2.24, 2.45) is 0 Å². The third-order valence-corrected chi connectivity index (χ3v) is 4.08. The molecule has 134 valence electrons. The van der Waals surface area contributed by atoms with Crippen molar-refractivity contribution in [1.29, 1.82) is 0 Å². The van der Waals surface area contributed by atoms with Gasteiger partial charge in [0.1, 0.15) is 12.3 Å². The molecule has 0 aliphatic carbocycles. The molecule has 3 rings (SSSR count). The Bertz CT molecular complexity index is 905. The molecule has 0 aliphatic heterocycles. The van der Waals surface area contributed by atoms with Crippen molar-refractivity contribution in [3.8, 4) is 17.1 Å². The maximum absolute atomic E-state index is 12.8. The van der Waals surface area contributed by atoms with Crippen LogP contribution in [0.1, 0.15) is 28.7 Å². The van der Waals surface area contributed by atoms with Crippen molar-refractivity contribution in [3.63, 3.8) is 0 Å². The van der Waals surface area contributed by atoms with E-state index in [4.69, 9.17) is 9.26 Å². The summed E-state index contributed by atoms with van der Waals surface area (Å²) in [6.07, 6.45) is 0. The summed E-state index contributed by atoms with van der Waals surface area (Å²) in [5.74, 6) is 1.32. The van der Waals surface area contributed by atoms with Gasteiger partial charge in [-0.15, -0.1) is 0 Å². The number of aromatic nitrogens is 2. The van der Waals surface area contributed by atoms with Gasteiger partial charge >= 0.3 is 0 Å². The fourth-order valence-electron chi connectivity index (χ4n) is 2.70. The van der Waals surface area contributed by atoms with E-state index in [2.05, 4.69) is 10.1 Å². The monoisotopic (exact) mass is 351 g/mol. The molecule has 0 fully saturated rings. The molecule has 0 atom stereocenters. The van der Waals surface area contributed by atoms with E-state index in [-0.39, 0.29) is 12.5 Å². The molecule has 1 amide bonds. The number of amides is 1. The molecule has 2 aromatic carbocycles. The minimum absolute atomic E-state index is 0.139. The van der Waals surface area contributed by atoms with E-state index in [0.29, 0.717) is 29.6 Å². The Morgan fingerprint density at radius 3 is 2.73 bits per heavy atom. The number of carbonyl (C=O) groups is 1. The zero-order valence-corrected chi connectivity index (χ0v) is 15.1. The first kappa shape index (κ1) is 17.7. The highest BCUT2D eigenvalue weighted by atomic mass is 16.5. The second-order valence-electron chi connectivity index (χ2n) is 5.90. The van der Waals surface area contributed by atoms with Gasteiger partial charge in [-0.25, -0.2) is 0 Å². The fraction of sp³-hybridized carbons (Fsp3) is 0.250. The molecule has 1 heterocycles. The van der Waals surface area contributed by atoms with Crippen LogP contribution in [0.15, 0.2) is 53.1 Å². The third kappa shape index (κ3) is 3.74. The SMILES string of the molecule is CCN(Cc1nc(-c2cccc(C)c2)no1)C(=O)c1ccccc1OC. The van der Waals surface area contributed by atoms with Crippen molar-refractivity contribution in [2.45, 2.75) is 20.4 Å². The van der Waals surface area contributed by atoms with Crippen LogP contribution in [0.4, 0.5) is 0 Å². The normalized spacial score (nSPS) is 10.6. The molecule has 3 aromatic rings. The van der Waals surface area contributed by atoms with Gasteiger partial charge in [0.2, 0.25) is 11.7 Å². The predicted molar refractivity (Wildman–Crippen MR) is 97.9 cm³/mol. The number of carbonyl (C=O) groups excluding carboxylic acids is 1. The van der Waals surface area contributed by atoms with Crippen LogP contribution < -0.4 is 4.74 Å². The second-order valence-corrected chi connectivity index (χ2v) is 5.90. The third-order valence-electron chi connectivity index (χ3n) is 4.08. The molecule has 0 aliphatic rings. The number of hydrogen-bond donors (Lipinski definition) is 0. The van der Waals surface area contributed by atoms with Crippen molar-refractivity contribution in [3.05, 3.63) is 65.5 Å². The van der Waals surface area contributed by atoms with Crippen LogP contribution in [0.5, 0.6) is 5.75 Å². The number of benzene rings is 2. The molecule has 0 saturated heterocycles. The minimum atomic E-state index is -0.139. The minimum Gasteiger partial charge on any atom is -0.496 e. The van der Waals surface area contributed by atoms with E-state index in [0.717, 1.165) is 11.1 Å². The molecule has 0 unspecified atom stereocenters. The molecule has 0 bridgehead atoms. The summed E-state index contributed by atoms with van der Waals surface area (Å²) in [4.78, 5) is 18.9. The van der Waals surface area contributed by atoms with E-state index in [1.165, 1.54) is 0 Å². The highest BCUT2D eigenvalue weighted by Crippen LogP contribution is 2.21. The summed E-state index contributed by atoms with van der Waals surface area (Å²) in [6.45, 7) is 4.67. The van der Waals surface area contributed by atoms with E-state index in [9.17, 15) is 4.79 Å². The smallest absolute Gasteiger partial charge is 0.258 e. The highest BCUT2D eigenvalue weighted by molar-refractivity contribution is 5.96. The van der Waals surface area contributed by atoms with E-state index < -0.39 is 0 Å². The highest BCUT2D eigenvalue weighted by Gasteiger charge is 2.21. The van der Waals surface area contributed by atoms with Crippen LogP contribution in [0, 0.1) is 6.92 Å². The zero-order chi connectivity index (χ0) is 18.5. The van der Waals surface area contributed by atoms with Gasteiger partial charge in [-0.05, 0) is 32.0 Å². The van der Waals surface area contributed by atoms with Gasteiger partial charge in [-0.1, -0.05) is 41.1 Å². The molecule has 0 saturated carbocycles. The van der Waals surface area contributed by atoms with Crippen LogP contribution in [-0.4, -0.2) is 34.6 Å². The number of methoxy groups -OCH3 is 1. The molecule has 0 N–H and O–H groups in total. The first-order chi connectivity index (χ1) is 12.6.